The summed E-state index contributed by atoms with van der Waals surface area (Å²) < 4.78 is 39.2. The van der Waals surface area contributed by atoms with Gasteiger partial charge in [-0.1, -0.05) is 24.3 Å². The van der Waals surface area contributed by atoms with Crippen molar-refractivity contribution in [2.24, 2.45) is 5.73 Å². The lowest BCUT2D eigenvalue weighted by Crippen LogP contribution is -2.44. The van der Waals surface area contributed by atoms with E-state index in [2.05, 4.69) is 5.32 Å². The van der Waals surface area contributed by atoms with Gasteiger partial charge in [-0.15, -0.1) is 0 Å². The summed E-state index contributed by atoms with van der Waals surface area (Å²) in [6, 6.07) is 12.7. The van der Waals surface area contributed by atoms with Gasteiger partial charge in [0, 0.05) is 37.4 Å². The fourth-order valence-electron chi connectivity index (χ4n) is 3.62. The SMILES string of the molecule is NCc1cccc(CN(CC(F)(F)F)C(=O)C(=O)Nc2ccc(N3CCCCC3=O)cc2)c1. The van der Waals surface area contributed by atoms with Crippen LogP contribution in [0.25, 0.3) is 0 Å². The van der Waals surface area contributed by atoms with E-state index in [1.54, 1.807) is 41.3 Å². The zero-order valence-electron chi connectivity index (χ0n) is 17.9. The molecule has 2 aromatic rings. The molecule has 0 spiro atoms. The number of hydrogen-bond donors (Lipinski definition) is 2. The number of hydrogen-bond acceptors (Lipinski definition) is 4. The number of alkyl halides is 3. The average molecular weight is 462 g/mol. The molecule has 1 fully saturated rings. The molecule has 2 aromatic carbocycles. The van der Waals surface area contributed by atoms with Gasteiger partial charge in [0.15, 0.2) is 0 Å². The number of anilines is 2. The summed E-state index contributed by atoms with van der Waals surface area (Å²) >= 11 is 0. The lowest BCUT2D eigenvalue weighted by molar-refractivity contribution is -0.164. The van der Waals surface area contributed by atoms with E-state index in [1.165, 1.54) is 12.1 Å². The van der Waals surface area contributed by atoms with E-state index >= 15 is 0 Å². The quantitative estimate of drug-likeness (QED) is 0.645. The van der Waals surface area contributed by atoms with Gasteiger partial charge in [-0.05, 0) is 48.2 Å². The second-order valence-electron chi connectivity index (χ2n) is 7.80. The van der Waals surface area contributed by atoms with Crippen LogP contribution in [-0.2, 0) is 27.5 Å². The van der Waals surface area contributed by atoms with Gasteiger partial charge in [-0.2, -0.15) is 13.2 Å². The van der Waals surface area contributed by atoms with Crippen molar-refractivity contribution < 1.29 is 27.6 Å². The van der Waals surface area contributed by atoms with Crippen molar-refractivity contribution in [1.82, 2.24) is 4.90 Å². The molecular weight excluding hydrogens is 437 g/mol. The zero-order valence-corrected chi connectivity index (χ0v) is 17.9. The lowest BCUT2D eigenvalue weighted by Gasteiger charge is -2.27. The molecule has 0 aliphatic carbocycles. The lowest BCUT2D eigenvalue weighted by atomic mass is 10.1. The van der Waals surface area contributed by atoms with Gasteiger partial charge in [0.05, 0.1) is 0 Å². The Morgan fingerprint density at radius 1 is 1.06 bits per heavy atom. The average Bonchev–Trinajstić information content (AvgIpc) is 2.78. The van der Waals surface area contributed by atoms with Crippen LogP contribution in [0.5, 0.6) is 0 Å². The van der Waals surface area contributed by atoms with Gasteiger partial charge >= 0.3 is 18.0 Å². The molecule has 0 saturated carbocycles. The molecule has 0 bridgehead atoms. The Labute approximate surface area is 189 Å². The summed E-state index contributed by atoms with van der Waals surface area (Å²) in [5.74, 6) is -2.48. The molecule has 7 nitrogen and oxygen atoms in total. The molecule has 0 unspecified atom stereocenters. The second-order valence-corrected chi connectivity index (χ2v) is 7.80. The molecule has 176 valence electrons. The first kappa shape index (κ1) is 24.2. The Bertz CT molecular complexity index is 1010. The fourth-order valence-corrected chi connectivity index (χ4v) is 3.62. The molecule has 3 rings (SSSR count). The van der Waals surface area contributed by atoms with Crippen LogP contribution in [0.3, 0.4) is 0 Å². The van der Waals surface area contributed by atoms with E-state index < -0.39 is 31.1 Å². The number of amides is 3. The summed E-state index contributed by atoms with van der Waals surface area (Å²) in [5, 5.41) is 2.34. The number of carbonyl (C=O) groups is 3. The number of benzene rings is 2. The number of piperidine rings is 1. The first-order valence-electron chi connectivity index (χ1n) is 10.5. The van der Waals surface area contributed by atoms with Crippen LogP contribution in [0.15, 0.2) is 48.5 Å². The normalized spacial score (nSPS) is 14.2. The number of nitrogens with zero attached hydrogens (tertiary/aromatic N) is 2. The number of carbonyl (C=O) groups excluding carboxylic acids is 3. The molecule has 0 radical (unpaired) electrons. The van der Waals surface area contributed by atoms with Gasteiger partial charge in [-0.3, -0.25) is 14.4 Å². The molecule has 33 heavy (non-hydrogen) atoms. The zero-order chi connectivity index (χ0) is 24.0. The van der Waals surface area contributed by atoms with E-state index in [9.17, 15) is 27.6 Å². The minimum Gasteiger partial charge on any atom is -0.326 e. The van der Waals surface area contributed by atoms with E-state index in [0.717, 1.165) is 12.8 Å². The number of halogens is 3. The van der Waals surface area contributed by atoms with E-state index in [0.29, 0.717) is 34.7 Å². The van der Waals surface area contributed by atoms with Crippen LogP contribution in [0.2, 0.25) is 0 Å². The van der Waals surface area contributed by atoms with Crippen molar-refractivity contribution >= 4 is 29.1 Å². The van der Waals surface area contributed by atoms with Gasteiger partial charge in [0.25, 0.3) is 0 Å². The van der Waals surface area contributed by atoms with Gasteiger partial charge < -0.3 is 20.9 Å². The third-order valence-corrected chi connectivity index (χ3v) is 5.21. The second kappa shape index (κ2) is 10.5. The first-order chi connectivity index (χ1) is 15.7. The van der Waals surface area contributed by atoms with Crippen LogP contribution in [0, 0.1) is 0 Å². The highest BCUT2D eigenvalue weighted by molar-refractivity contribution is 6.39. The van der Waals surface area contributed by atoms with Crippen molar-refractivity contribution in [3.8, 4) is 0 Å². The fraction of sp³-hybridized carbons (Fsp3) is 0.348. The number of nitrogens with two attached hydrogens (primary N) is 1. The topological polar surface area (TPSA) is 95.7 Å². The maximum absolute atomic E-state index is 13.1. The smallest absolute Gasteiger partial charge is 0.326 e. The molecule has 1 heterocycles. The van der Waals surface area contributed by atoms with E-state index in [4.69, 9.17) is 5.73 Å². The molecular formula is C23H25F3N4O3. The summed E-state index contributed by atoms with van der Waals surface area (Å²) in [6.07, 6.45) is -2.47. The van der Waals surface area contributed by atoms with Crippen LogP contribution < -0.4 is 16.0 Å². The van der Waals surface area contributed by atoms with Crippen molar-refractivity contribution in [3.63, 3.8) is 0 Å². The molecule has 0 aromatic heterocycles. The van der Waals surface area contributed by atoms with Crippen LogP contribution in [0.1, 0.15) is 30.4 Å². The molecule has 3 amide bonds. The van der Waals surface area contributed by atoms with E-state index in [1.807, 2.05) is 0 Å². The third-order valence-electron chi connectivity index (χ3n) is 5.21. The Hall–Kier alpha value is -3.40. The van der Waals surface area contributed by atoms with Gasteiger partial charge in [0.2, 0.25) is 5.91 Å². The van der Waals surface area contributed by atoms with Crippen molar-refractivity contribution in [3.05, 3.63) is 59.7 Å². The predicted octanol–water partition coefficient (Wildman–Crippen LogP) is 3.19. The predicted molar refractivity (Wildman–Crippen MR) is 117 cm³/mol. The van der Waals surface area contributed by atoms with Crippen LogP contribution in [-0.4, -0.2) is 41.9 Å². The minimum absolute atomic E-state index is 0.00899. The Balaban J connectivity index is 1.70. The maximum atomic E-state index is 13.1. The molecule has 3 N–H and O–H groups in total. The van der Waals surface area contributed by atoms with Crippen molar-refractivity contribution in [2.45, 2.75) is 38.5 Å². The van der Waals surface area contributed by atoms with Crippen LogP contribution in [0.4, 0.5) is 24.5 Å². The summed E-state index contributed by atoms with van der Waals surface area (Å²) in [5.41, 5.74) is 7.58. The van der Waals surface area contributed by atoms with Crippen molar-refractivity contribution in [2.75, 3.05) is 23.3 Å². The van der Waals surface area contributed by atoms with Crippen molar-refractivity contribution in [1.29, 1.82) is 0 Å². The Morgan fingerprint density at radius 3 is 2.39 bits per heavy atom. The highest BCUT2D eigenvalue weighted by Crippen LogP contribution is 2.23. The Kier molecular flexibility index (Phi) is 7.70. The van der Waals surface area contributed by atoms with Gasteiger partial charge in [-0.25, -0.2) is 0 Å². The number of rotatable bonds is 6. The number of nitrogens with one attached hydrogen (secondary N) is 1. The monoisotopic (exact) mass is 462 g/mol. The molecule has 1 aliphatic rings. The van der Waals surface area contributed by atoms with E-state index in [-0.39, 0.29) is 18.1 Å². The Morgan fingerprint density at radius 2 is 1.76 bits per heavy atom. The molecule has 0 atom stereocenters. The maximum Gasteiger partial charge on any atom is 0.406 e. The standard InChI is InChI=1S/C23H25F3N4O3/c24-23(25,26)15-29(14-17-5-3-4-16(12-17)13-27)22(33)21(32)28-18-7-9-19(10-8-18)30-11-2-1-6-20(30)31/h3-5,7-10,12H,1-2,6,11,13-15,27H2,(H,28,32). The summed E-state index contributed by atoms with van der Waals surface area (Å²) in [4.78, 5) is 39.1. The largest absolute Gasteiger partial charge is 0.406 e. The van der Waals surface area contributed by atoms with Crippen LogP contribution >= 0.6 is 0 Å². The minimum atomic E-state index is -4.68. The molecule has 1 saturated heterocycles. The summed E-state index contributed by atoms with van der Waals surface area (Å²) in [6.45, 7) is -1.17. The first-order valence-corrected chi connectivity index (χ1v) is 10.5. The highest BCUT2D eigenvalue weighted by atomic mass is 19.4. The molecule has 10 heteroatoms. The third kappa shape index (κ3) is 6.79. The summed E-state index contributed by atoms with van der Waals surface area (Å²) in [7, 11) is 0. The van der Waals surface area contributed by atoms with Gasteiger partial charge in [0.1, 0.15) is 6.54 Å². The molecule has 1 aliphatic heterocycles. The highest BCUT2D eigenvalue weighted by Gasteiger charge is 2.35.